The number of ether oxygens (including phenoxy) is 2. The zero-order valence-electron chi connectivity index (χ0n) is 20.6. The van der Waals surface area contributed by atoms with Gasteiger partial charge in [0.05, 0.1) is 25.3 Å². The molecule has 1 unspecified atom stereocenters. The van der Waals surface area contributed by atoms with Crippen LogP contribution in [0.2, 0.25) is 0 Å². The van der Waals surface area contributed by atoms with Gasteiger partial charge in [-0.15, -0.1) is 0 Å². The largest absolute Gasteiger partial charge is 0.507 e. The lowest BCUT2D eigenvalue weighted by Gasteiger charge is -2.26. The van der Waals surface area contributed by atoms with E-state index in [4.69, 9.17) is 9.47 Å². The highest BCUT2D eigenvalue weighted by molar-refractivity contribution is 6.46. The molecule has 7 nitrogen and oxygen atoms in total. The first-order valence-corrected chi connectivity index (χ1v) is 11.6. The van der Waals surface area contributed by atoms with E-state index in [1.165, 1.54) is 0 Å². The number of hydrogen-bond donors (Lipinski definition) is 1. The Kier molecular flexibility index (Phi) is 8.34. The Balaban J connectivity index is 2.07. The van der Waals surface area contributed by atoms with Crippen LogP contribution < -0.4 is 9.47 Å². The van der Waals surface area contributed by atoms with Crippen molar-refractivity contribution in [2.75, 3.05) is 40.9 Å². The molecular formula is C27H34N2O5. The molecule has 1 saturated heterocycles. The average Bonchev–Trinajstić information content (AvgIpc) is 3.07. The summed E-state index contributed by atoms with van der Waals surface area (Å²) in [7, 11) is 5.51. The molecular weight excluding hydrogens is 432 g/mol. The van der Waals surface area contributed by atoms with Crippen molar-refractivity contribution in [3.63, 3.8) is 0 Å². The van der Waals surface area contributed by atoms with Gasteiger partial charge in [-0.05, 0) is 81.9 Å². The fraction of sp³-hybridized carbons (Fsp3) is 0.407. The number of carbonyl (C=O) groups is 2. The van der Waals surface area contributed by atoms with Crippen LogP contribution in [0.25, 0.3) is 5.76 Å². The number of aliphatic hydroxyl groups is 1. The predicted octanol–water partition coefficient (Wildman–Crippen LogP) is 4.17. The summed E-state index contributed by atoms with van der Waals surface area (Å²) in [4.78, 5) is 29.8. The number of benzene rings is 2. The molecule has 1 amide bonds. The molecule has 1 aliphatic rings. The van der Waals surface area contributed by atoms with Gasteiger partial charge in [0.2, 0.25) is 0 Å². The molecule has 1 fully saturated rings. The number of nitrogens with zero attached hydrogens (tertiary/aromatic N) is 2. The fourth-order valence-corrected chi connectivity index (χ4v) is 4.16. The number of aryl methyl sites for hydroxylation is 1. The van der Waals surface area contributed by atoms with Crippen LogP contribution in [0.15, 0.2) is 48.0 Å². The molecule has 2 aromatic carbocycles. The SMILES string of the molecule is CCCOc1ccc(/C(O)=C2/C(=O)C(=O)N(CCCN(C)C)C2c2ccc(OC)cc2)c(C)c1. The van der Waals surface area contributed by atoms with Crippen molar-refractivity contribution in [2.45, 2.75) is 32.7 Å². The van der Waals surface area contributed by atoms with E-state index in [1.54, 1.807) is 36.3 Å². The van der Waals surface area contributed by atoms with Crippen molar-refractivity contribution < 1.29 is 24.2 Å². The monoisotopic (exact) mass is 466 g/mol. The van der Waals surface area contributed by atoms with Crippen LogP contribution >= 0.6 is 0 Å². The topological polar surface area (TPSA) is 79.3 Å². The van der Waals surface area contributed by atoms with Crippen LogP contribution in [0.5, 0.6) is 11.5 Å². The van der Waals surface area contributed by atoms with Gasteiger partial charge in [0, 0.05) is 12.1 Å². The van der Waals surface area contributed by atoms with Crippen LogP contribution in [0, 0.1) is 6.92 Å². The second kappa shape index (κ2) is 11.2. The van der Waals surface area contributed by atoms with E-state index in [0.29, 0.717) is 36.6 Å². The van der Waals surface area contributed by atoms with Crippen LogP contribution in [0.3, 0.4) is 0 Å². The molecule has 0 bridgehead atoms. The van der Waals surface area contributed by atoms with E-state index in [1.807, 2.05) is 51.0 Å². The Hall–Kier alpha value is -3.32. The van der Waals surface area contributed by atoms with Gasteiger partial charge in [0.25, 0.3) is 11.7 Å². The number of rotatable bonds is 10. The van der Waals surface area contributed by atoms with Crippen LogP contribution in [-0.4, -0.2) is 67.5 Å². The van der Waals surface area contributed by atoms with Crippen molar-refractivity contribution in [1.29, 1.82) is 0 Å². The van der Waals surface area contributed by atoms with Crippen LogP contribution in [-0.2, 0) is 9.59 Å². The Bertz CT molecular complexity index is 1060. The fourth-order valence-electron chi connectivity index (χ4n) is 4.16. The lowest BCUT2D eigenvalue weighted by Crippen LogP contribution is -2.32. The third kappa shape index (κ3) is 5.42. The second-order valence-corrected chi connectivity index (χ2v) is 8.75. The van der Waals surface area contributed by atoms with Gasteiger partial charge in [0.15, 0.2) is 0 Å². The van der Waals surface area contributed by atoms with Crippen molar-refractivity contribution in [2.24, 2.45) is 0 Å². The van der Waals surface area contributed by atoms with E-state index >= 15 is 0 Å². The van der Waals surface area contributed by atoms with Crippen LogP contribution in [0.1, 0.15) is 42.5 Å². The lowest BCUT2D eigenvalue weighted by atomic mass is 9.93. The highest BCUT2D eigenvalue weighted by Gasteiger charge is 2.45. The number of methoxy groups -OCH3 is 1. The quantitative estimate of drug-likeness (QED) is 0.322. The molecule has 182 valence electrons. The predicted molar refractivity (Wildman–Crippen MR) is 132 cm³/mol. The molecule has 0 aromatic heterocycles. The van der Waals surface area contributed by atoms with Gasteiger partial charge in [-0.25, -0.2) is 0 Å². The van der Waals surface area contributed by atoms with Crippen molar-refractivity contribution in [3.05, 3.63) is 64.7 Å². The molecule has 1 atom stereocenters. The molecule has 7 heteroatoms. The van der Waals surface area contributed by atoms with E-state index in [9.17, 15) is 14.7 Å². The maximum Gasteiger partial charge on any atom is 0.295 e. The summed E-state index contributed by atoms with van der Waals surface area (Å²) in [6, 6.07) is 11.9. The highest BCUT2D eigenvalue weighted by atomic mass is 16.5. The summed E-state index contributed by atoms with van der Waals surface area (Å²) in [6.07, 6.45) is 1.59. The molecule has 0 radical (unpaired) electrons. The number of amides is 1. The van der Waals surface area contributed by atoms with Gasteiger partial charge >= 0.3 is 0 Å². The number of hydrogen-bond acceptors (Lipinski definition) is 6. The van der Waals surface area contributed by atoms with Crippen molar-refractivity contribution in [3.8, 4) is 11.5 Å². The second-order valence-electron chi connectivity index (χ2n) is 8.75. The molecule has 2 aromatic rings. The average molecular weight is 467 g/mol. The molecule has 1 heterocycles. The Morgan fingerprint density at radius 3 is 2.35 bits per heavy atom. The summed E-state index contributed by atoms with van der Waals surface area (Å²) in [6.45, 7) is 5.66. The minimum absolute atomic E-state index is 0.102. The molecule has 34 heavy (non-hydrogen) atoms. The number of likely N-dealkylation sites (tertiary alicyclic amines) is 1. The maximum absolute atomic E-state index is 13.2. The van der Waals surface area contributed by atoms with E-state index in [2.05, 4.69) is 0 Å². The molecule has 0 saturated carbocycles. The van der Waals surface area contributed by atoms with Gasteiger partial charge < -0.3 is 24.4 Å². The third-order valence-electron chi connectivity index (χ3n) is 5.90. The Morgan fingerprint density at radius 1 is 1.09 bits per heavy atom. The molecule has 0 aliphatic carbocycles. The zero-order valence-corrected chi connectivity index (χ0v) is 20.6. The first-order chi connectivity index (χ1) is 16.3. The van der Waals surface area contributed by atoms with Gasteiger partial charge in [0.1, 0.15) is 17.3 Å². The van der Waals surface area contributed by atoms with E-state index in [-0.39, 0.29) is 11.3 Å². The maximum atomic E-state index is 13.2. The van der Waals surface area contributed by atoms with Gasteiger partial charge in [-0.1, -0.05) is 19.1 Å². The number of carbonyl (C=O) groups excluding carboxylic acids is 2. The summed E-state index contributed by atoms with van der Waals surface area (Å²) in [5.74, 6) is -0.0667. The highest BCUT2D eigenvalue weighted by Crippen LogP contribution is 2.40. The molecule has 1 aliphatic heterocycles. The van der Waals surface area contributed by atoms with Gasteiger partial charge in [-0.2, -0.15) is 0 Å². The minimum atomic E-state index is -0.677. The zero-order chi connectivity index (χ0) is 24.8. The van der Waals surface area contributed by atoms with Crippen molar-refractivity contribution >= 4 is 17.4 Å². The van der Waals surface area contributed by atoms with E-state index < -0.39 is 17.7 Å². The summed E-state index contributed by atoms with van der Waals surface area (Å²) in [5.41, 5.74) is 2.12. The number of aliphatic hydroxyl groups excluding tert-OH is 1. The third-order valence-corrected chi connectivity index (χ3v) is 5.90. The van der Waals surface area contributed by atoms with Gasteiger partial charge in [-0.3, -0.25) is 9.59 Å². The number of ketones is 1. The summed E-state index contributed by atoms with van der Waals surface area (Å²) < 4.78 is 10.9. The minimum Gasteiger partial charge on any atom is -0.507 e. The Morgan fingerprint density at radius 2 is 1.76 bits per heavy atom. The molecule has 0 spiro atoms. The normalized spacial score (nSPS) is 17.5. The first-order valence-electron chi connectivity index (χ1n) is 11.6. The summed E-state index contributed by atoms with van der Waals surface area (Å²) >= 11 is 0. The standard InChI is InChI=1S/C27H34N2O5/c1-6-16-34-21-12-13-22(18(2)17-21)25(30)23-24(19-8-10-20(33-5)11-9-19)29(27(32)26(23)31)15-7-14-28(3)4/h8-13,17,24,30H,6-7,14-16H2,1-5H3/b25-23-. The first kappa shape index (κ1) is 25.3. The molecule has 1 N–H and O–H groups in total. The Labute approximate surface area is 201 Å². The summed E-state index contributed by atoms with van der Waals surface area (Å²) in [5, 5.41) is 11.3. The lowest BCUT2D eigenvalue weighted by molar-refractivity contribution is -0.139. The number of Topliss-reactive ketones (excluding diaryl/α,β-unsaturated/α-hetero) is 1. The van der Waals surface area contributed by atoms with E-state index in [0.717, 1.165) is 24.1 Å². The molecule has 3 rings (SSSR count). The van der Waals surface area contributed by atoms with Crippen LogP contribution in [0.4, 0.5) is 0 Å². The van der Waals surface area contributed by atoms with Crippen molar-refractivity contribution in [1.82, 2.24) is 9.80 Å². The smallest absolute Gasteiger partial charge is 0.295 e.